The van der Waals surface area contributed by atoms with E-state index in [4.69, 9.17) is 15.2 Å². The highest BCUT2D eigenvalue weighted by atomic mass is 35.5. The number of pyridine rings is 1. The molecule has 4 aromatic rings. The molecule has 0 saturated heterocycles. The first-order valence-electron chi connectivity index (χ1n) is 10.4. The average molecular weight is 503 g/mol. The second-order valence-corrected chi connectivity index (χ2v) is 8.43. The largest absolute Gasteiger partial charge is 0.479 e. The van der Waals surface area contributed by atoms with E-state index in [-0.39, 0.29) is 24.1 Å². The number of fused-ring (bicyclic) bond motifs is 1. The molecule has 7 nitrogen and oxygen atoms in total. The van der Waals surface area contributed by atoms with Crippen molar-refractivity contribution >= 4 is 34.9 Å². The van der Waals surface area contributed by atoms with Gasteiger partial charge in [-0.2, -0.15) is 0 Å². The normalized spacial score (nSPS) is 11.2. The molecule has 2 aromatic carbocycles. The van der Waals surface area contributed by atoms with Gasteiger partial charge in [0.25, 0.3) is 0 Å². The van der Waals surface area contributed by atoms with Crippen LogP contribution in [0, 0.1) is 11.6 Å². The zero-order chi connectivity index (χ0) is 24.6. The summed E-state index contributed by atoms with van der Waals surface area (Å²) in [6.07, 6.45) is 3.48. The lowest BCUT2D eigenvalue weighted by Gasteiger charge is -2.19. The molecule has 35 heavy (non-hydrogen) atoms. The van der Waals surface area contributed by atoms with Crippen LogP contribution in [0.2, 0.25) is 0 Å². The summed E-state index contributed by atoms with van der Waals surface area (Å²) in [5, 5.41) is 3.60. The van der Waals surface area contributed by atoms with Gasteiger partial charge in [0, 0.05) is 47.7 Å². The van der Waals surface area contributed by atoms with Gasteiger partial charge in [0.15, 0.2) is 11.6 Å². The number of ether oxygens (including phenoxy) is 2. The van der Waals surface area contributed by atoms with Gasteiger partial charge in [-0.1, -0.05) is 0 Å². The van der Waals surface area contributed by atoms with Crippen LogP contribution in [-0.4, -0.2) is 28.1 Å². The highest BCUT2D eigenvalue weighted by Gasteiger charge is 2.23. The van der Waals surface area contributed by atoms with Gasteiger partial charge in [-0.25, -0.2) is 13.8 Å². The molecule has 0 unspecified atom stereocenters. The minimum atomic E-state index is -1.09. The van der Waals surface area contributed by atoms with Crippen molar-refractivity contribution in [3.8, 4) is 28.5 Å². The summed E-state index contributed by atoms with van der Waals surface area (Å²) < 4.78 is 40.8. The molecule has 10 heteroatoms. The van der Waals surface area contributed by atoms with Crippen LogP contribution in [-0.2, 0) is 11.8 Å². The van der Waals surface area contributed by atoms with Crippen LogP contribution in [0.4, 0.5) is 14.5 Å². The first-order valence-corrected chi connectivity index (χ1v) is 10.4. The molecule has 0 atom stereocenters. The molecule has 0 fully saturated rings. The highest BCUT2D eigenvalue weighted by molar-refractivity contribution is 6.02. The maximum absolute atomic E-state index is 14.3. The van der Waals surface area contributed by atoms with Gasteiger partial charge in [0.1, 0.15) is 17.1 Å². The third-order valence-electron chi connectivity index (χ3n) is 5.28. The smallest absolute Gasteiger partial charge is 0.243 e. The lowest BCUT2D eigenvalue weighted by Crippen LogP contribution is -2.45. The molecule has 0 spiro atoms. The second-order valence-electron chi connectivity index (χ2n) is 8.43. The van der Waals surface area contributed by atoms with Crippen LogP contribution >= 0.6 is 12.4 Å². The van der Waals surface area contributed by atoms with E-state index in [1.54, 1.807) is 38.2 Å². The molecule has 2 heterocycles. The maximum Gasteiger partial charge on any atom is 0.243 e. The number of aryl methyl sites for hydroxylation is 1. The van der Waals surface area contributed by atoms with Gasteiger partial charge in [0.2, 0.25) is 11.8 Å². The second kappa shape index (κ2) is 9.89. The third kappa shape index (κ3) is 5.21. The van der Waals surface area contributed by atoms with Gasteiger partial charge in [-0.3, -0.25) is 4.79 Å². The number of benzene rings is 2. The van der Waals surface area contributed by atoms with E-state index < -0.39 is 17.2 Å². The number of aromatic nitrogens is 2. The van der Waals surface area contributed by atoms with Crippen molar-refractivity contribution in [1.29, 1.82) is 0 Å². The Bertz CT molecular complexity index is 1400. The Balaban J connectivity index is 0.00000342. The predicted octanol–water partition coefficient (Wildman–Crippen LogP) is 5.42. The molecule has 0 aliphatic rings. The van der Waals surface area contributed by atoms with Crippen LogP contribution in [0.15, 0.2) is 54.9 Å². The Morgan fingerprint density at radius 2 is 1.80 bits per heavy atom. The Hall–Kier alpha value is -3.69. The summed E-state index contributed by atoms with van der Waals surface area (Å²) in [6.45, 7) is 3.20. The fourth-order valence-corrected chi connectivity index (χ4v) is 3.56. The molecule has 0 saturated carbocycles. The summed E-state index contributed by atoms with van der Waals surface area (Å²) in [5.41, 5.74) is 7.34. The lowest BCUT2D eigenvalue weighted by atomic mass is 10.0. The molecule has 0 radical (unpaired) electrons. The number of carbonyl (C=O) groups excluding carboxylic acids is 1. The lowest BCUT2D eigenvalue weighted by molar-refractivity contribution is -0.120. The van der Waals surface area contributed by atoms with E-state index in [2.05, 4.69) is 10.3 Å². The Morgan fingerprint density at radius 3 is 2.46 bits per heavy atom. The van der Waals surface area contributed by atoms with Crippen molar-refractivity contribution in [3.05, 3.63) is 66.5 Å². The number of hydrogen-bond acceptors (Lipinski definition) is 5. The van der Waals surface area contributed by atoms with Gasteiger partial charge < -0.3 is 25.1 Å². The summed E-state index contributed by atoms with van der Waals surface area (Å²) >= 11 is 0. The van der Waals surface area contributed by atoms with Gasteiger partial charge in [0.05, 0.1) is 12.6 Å². The SMILES string of the molecule is COc1nccc2c(-c3cc(NC(=O)C(C)(C)N)ccc3Oc3ccc(F)cc3F)cn(C)c12.Cl. The summed E-state index contributed by atoms with van der Waals surface area (Å²) in [5.74, 6) is -1.31. The van der Waals surface area contributed by atoms with Crippen LogP contribution in [0.1, 0.15) is 13.8 Å². The molecular weight excluding hydrogens is 478 g/mol. The van der Waals surface area contributed by atoms with Crippen LogP contribution in [0.5, 0.6) is 17.4 Å². The highest BCUT2D eigenvalue weighted by Crippen LogP contribution is 2.41. The maximum atomic E-state index is 14.3. The van der Waals surface area contributed by atoms with Crippen LogP contribution in [0.25, 0.3) is 22.0 Å². The number of amides is 1. The van der Waals surface area contributed by atoms with Crippen molar-refractivity contribution in [2.24, 2.45) is 12.8 Å². The Kier molecular flexibility index (Phi) is 7.33. The van der Waals surface area contributed by atoms with Crippen molar-refractivity contribution in [3.63, 3.8) is 0 Å². The molecule has 0 bridgehead atoms. The van der Waals surface area contributed by atoms with Crippen molar-refractivity contribution in [1.82, 2.24) is 9.55 Å². The zero-order valence-electron chi connectivity index (χ0n) is 19.6. The molecular formula is C25H25ClF2N4O3. The van der Waals surface area contributed by atoms with E-state index in [9.17, 15) is 13.6 Å². The van der Waals surface area contributed by atoms with Crippen molar-refractivity contribution in [2.75, 3.05) is 12.4 Å². The van der Waals surface area contributed by atoms with Crippen molar-refractivity contribution in [2.45, 2.75) is 19.4 Å². The minimum Gasteiger partial charge on any atom is -0.479 e. The number of rotatable bonds is 6. The molecule has 4 rings (SSSR count). The Morgan fingerprint density at radius 1 is 1.09 bits per heavy atom. The predicted molar refractivity (Wildman–Crippen MR) is 133 cm³/mol. The molecule has 184 valence electrons. The fraction of sp³-hybridized carbons (Fsp3) is 0.200. The van der Waals surface area contributed by atoms with E-state index >= 15 is 0 Å². The van der Waals surface area contributed by atoms with Crippen LogP contribution in [0.3, 0.4) is 0 Å². The molecule has 1 amide bonds. The number of anilines is 1. The number of halogens is 3. The zero-order valence-corrected chi connectivity index (χ0v) is 20.4. The quantitative estimate of drug-likeness (QED) is 0.367. The summed E-state index contributed by atoms with van der Waals surface area (Å²) in [4.78, 5) is 16.7. The molecule has 0 aliphatic heterocycles. The van der Waals surface area contributed by atoms with Crippen LogP contribution < -0.4 is 20.5 Å². The number of nitrogens with two attached hydrogens (primary N) is 1. The standard InChI is InChI=1S/C25H24F2N4O3.ClH/c1-25(2,28)24(32)30-15-6-8-20(34-21-7-5-14(26)11-19(21)27)17(12-15)18-13-31(3)22-16(18)9-10-29-23(22)33-4;/h5-13H,28H2,1-4H3,(H,30,32);1H. The van der Waals surface area contributed by atoms with Gasteiger partial charge in [-0.15, -0.1) is 12.4 Å². The average Bonchev–Trinajstić information content (AvgIpc) is 3.12. The Labute approximate surface area is 207 Å². The number of carbonyl (C=O) groups is 1. The fourth-order valence-electron chi connectivity index (χ4n) is 3.56. The summed E-state index contributed by atoms with van der Waals surface area (Å²) in [6, 6.07) is 9.85. The van der Waals surface area contributed by atoms with Crippen molar-refractivity contribution < 1.29 is 23.0 Å². The van der Waals surface area contributed by atoms with E-state index in [1.807, 2.05) is 23.9 Å². The monoisotopic (exact) mass is 502 g/mol. The van der Waals surface area contributed by atoms with Gasteiger partial charge in [-0.05, 0) is 50.2 Å². The van der Waals surface area contributed by atoms with E-state index in [0.717, 1.165) is 28.6 Å². The number of hydrogen-bond donors (Lipinski definition) is 2. The molecule has 2 aromatic heterocycles. The third-order valence-corrected chi connectivity index (χ3v) is 5.28. The minimum absolute atomic E-state index is 0. The first-order chi connectivity index (χ1) is 16.1. The number of nitrogens with one attached hydrogen (secondary N) is 1. The number of nitrogens with zero attached hydrogens (tertiary/aromatic N) is 2. The van der Waals surface area contributed by atoms with E-state index in [0.29, 0.717) is 22.9 Å². The molecule has 0 aliphatic carbocycles. The number of methoxy groups -OCH3 is 1. The van der Waals surface area contributed by atoms with Gasteiger partial charge >= 0.3 is 0 Å². The van der Waals surface area contributed by atoms with E-state index in [1.165, 1.54) is 13.2 Å². The topological polar surface area (TPSA) is 91.4 Å². The molecule has 3 N–H and O–H groups in total. The first kappa shape index (κ1) is 25.9. The summed E-state index contributed by atoms with van der Waals surface area (Å²) in [7, 11) is 3.38.